The van der Waals surface area contributed by atoms with E-state index in [0.717, 1.165) is 48.2 Å². The first-order chi connectivity index (χ1) is 11.8. The Morgan fingerprint density at radius 3 is 2.58 bits per heavy atom. The highest BCUT2D eigenvalue weighted by Gasteiger charge is 2.20. The number of aromatic nitrogens is 1. The molecule has 1 aliphatic heterocycles. The third kappa shape index (κ3) is 2.83. The van der Waals surface area contributed by atoms with E-state index in [0.29, 0.717) is 5.56 Å². The molecular formula is C20H19N3O. The Hall–Kier alpha value is -2.88. The highest BCUT2D eigenvalue weighted by atomic mass is 16.1. The fraction of sp³-hybridized carbons (Fsp3) is 0.200. The Kier molecular flexibility index (Phi) is 3.87. The SMILES string of the molecule is O=C(Nc1ccc2ccccc2c1)c1cccnc1N1CCCC1. The van der Waals surface area contributed by atoms with Gasteiger partial charge in [-0.05, 0) is 47.9 Å². The number of amides is 1. The molecule has 0 bridgehead atoms. The van der Waals surface area contributed by atoms with Crippen molar-refractivity contribution in [1.82, 2.24) is 4.98 Å². The molecular weight excluding hydrogens is 298 g/mol. The molecule has 2 heterocycles. The van der Waals surface area contributed by atoms with Crippen LogP contribution in [0.15, 0.2) is 60.8 Å². The van der Waals surface area contributed by atoms with Crippen LogP contribution in [-0.2, 0) is 0 Å². The van der Waals surface area contributed by atoms with Gasteiger partial charge in [-0.3, -0.25) is 4.79 Å². The van der Waals surface area contributed by atoms with E-state index in [9.17, 15) is 4.79 Å². The van der Waals surface area contributed by atoms with Crippen LogP contribution in [0.4, 0.5) is 11.5 Å². The predicted molar refractivity (Wildman–Crippen MR) is 97.6 cm³/mol. The van der Waals surface area contributed by atoms with Crippen LogP contribution in [0, 0.1) is 0 Å². The fourth-order valence-corrected chi connectivity index (χ4v) is 3.22. The number of carbonyl (C=O) groups excluding carboxylic acids is 1. The number of anilines is 2. The van der Waals surface area contributed by atoms with Gasteiger partial charge in [0.15, 0.2) is 0 Å². The third-order valence-electron chi connectivity index (χ3n) is 4.44. The van der Waals surface area contributed by atoms with Crippen molar-refractivity contribution in [3.8, 4) is 0 Å². The summed E-state index contributed by atoms with van der Waals surface area (Å²) in [6.45, 7) is 1.93. The zero-order chi connectivity index (χ0) is 16.4. The normalized spacial score (nSPS) is 14.1. The van der Waals surface area contributed by atoms with Crippen LogP contribution in [0.25, 0.3) is 10.8 Å². The van der Waals surface area contributed by atoms with Gasteiger partial charge in [0.05, 0.1) is 5.56 Å². The zero-order valence-electron chi connectivity index (χ0n) is 13.4. The van der Waals surface area contributed by atoms with E-state index >= 15 is 0 Å². The molecule has 4 rings (SSSR count). The third-order valence-corrected chi connectivity index (χ3v) is 4.44. The molecule has 1 N–H and O–H groups in total. The van der Waals surface area contributed by atoms with Gasteiger partial charge in [-0.1, -0.05) is 30.3 Å². The summed E-state index contributed by atoms with van der Waals surface area (Å²) in [6.07, 6.45) is 4.06. The lowest BCUT2D eigenvalue weighted by Crippen LogP contribution is -2.24. The highest BCUT2D eigenvalue weighted by molar-refractivity contribution is 6.08. The number of carbonyl (C=O) groups is 1. The minimum Gasteiger partial charge on any atom is -0.356 e. The molecule has 0 saturated carbocycles. The number of rotatable bonds is 3. The van der Waals surface area contributed by atoms with Crippen molar-refractivity contribution in [3.05, 3.63) is 66.4 Å². The van der Waals surface area contributed by atoms with Gasteiger partial charge >= 0.3 is 0 Å². The van der Waals surface area contributed by atoms with E-state index in [2.05, 4.69) is 21.3 Å². The summed E-state index contributed by atoms with van der Waals surface area (Å²) in [5.41, 5.74) is 1.43. The standard InChI is InChI=1S/C20H19N3O/c24-20(18-8-5-11-21-19(18)23-12-3-4-13-23)22-17-10-9-15-6-1-2-7-16(15)14-17/h1-2,5-11,14H,3-4,12-13H2,(H,22,24). The summed E-state index contributed by atoms with van der Waals surface area (Å²) in [5.74, 6) is 0.675. The first kappa shape index (κ1) is 14.7. The van der Waals surface area contributed by atoms with Gasteiger partial charge in [0, 0.05) is 25.0 Å². The van der Waals surface area contributed by atoms with Gasteiger partial charge in [-0.25, -0.2) is 4.98 Å². The van der Waals surface area contributed by atoms with Crippen LogP contribution in [0.5, 0.6) is 0 Å². The molecule has 0 aliphatic carbocycles. The Labute approximate surface area is 141 Å². The van der Waals surface area contributed by atoms with Gasteiger partial charge in [-0.15, -0.1) is 0 Å². The molecule has 2 aromatic carbocycles. The molecule has 1 amide bonds. The monoisotopic (exact) mass is 317 g/mol. The van der Waals surface area contributed by atoms with Crippen molar-refractivity contribution < 1.29 is 4.79 Å². The molecule has 1 fully saturated rings. The Morgan fingerprint density at radius 1 is 0.958 bits per heavy atom. The molecule has 1 aromatic heterocycles. The maximum Gasteiger partial charge on any atom is 0.259 e. The van der Waals surface area contributed by atoms with Crippen LogP contribution in [0.3, 0.4) is 0 Å². The number of nitrogens with one attached hydrogen (secondary N) is 1. The molecule has 3 aromatic rings. The highest BCUT2D eigenvalue weighted by Crippen LogP contribution is 2.24. The quantitative estimate of drug-likeness (QED) is 0.791. The second-order valence-electron chi connectivity index (χ2n) is 6.08. The number of hydrogen-bond acceptors (Lipinski definition) is 3. The van der Waals surface area contributed by atoms with E-state index in [-0.39, 0.29) is 5.91 Å². The summed E-state index contributed by atoms with van der Waals surface area (Å²) < 4.78 is 0. The summed E-state index contributed by atoms with van der Waals surface area (Å²) in [5, 5.41) is 5.28. The lowest BCUT2D eigenvalue weighted by atomic mass is 10.1. The van der Waals surface area contributed by atoms with E-state index in [1.54, 1.807) is 6.20 Å². The van der Waals surface area contributed by atoms with Crippen LogP contribution in [0.2, 0.25) is 0 Å². The molecule has 24 heavy (non-hydrogen) atoms. The Balaban J connectivity index is 1.61. The van der Waals surface area contributed by atoms with Crippen molar-refractivity contribution in [2.75, 3.05) is 23.3 Å². The summed E-state index contributed by atoms with van der Waals surface area (Å²) in [6, 6.07) is 17.7. The second kappa shape index (κ2) is 6.32. The fourth-order valence-electron chi connectivity index (χ4n) is 3.22. The summed E-state index contributed by atoms with van der Waals surface area (Å²) >= 11 is 0. The smallest absolute Gasteiger partial charge is 0.259 e. The average molecular weight is 317 g/mol. The molecule has 120 valence electrons. The predicted octanol–water partition coefficient (Wildman–Crippen LogP) is 4.09. The van der Waals surface area contributed by atoms with E-state index in [1.165, 1.54) is 0 Å². The lowest BCUT2D eigenvalue weighted by molar-refractivity contribution is 0.102. The van der Waals surface area contributed by atoms with Crippen LogP contribution < -0.4 is 10.2 Å². The van der Waals surface area contributed by atoms with Gasteiger partial charge in [0.2, 0.25) is 0 Å². The van der Waals surface area contributed by atoms with Crippen LogP contribution in [0.1, 0.15) is 23.2 Å². The van der Waals surface area contributed by atoms with Gasteiger partial charge < -0.3 is 10.2 Å². The molecule has 4 nitrogen and oxygen atoms in total. The van der Waals surface area contributed by atoms with E-state index < -0.39 is 0 Å². The van der Waals surface area contributed by atoms with Gasteiger partial charge in [-0.2, -0.15) is 0 Å². The molecule has 0 atom stereocenters. The largest absolute Gasteiger partial charge is 0.356 e. The Bertz CT molecular complexity index is 885. The molecule has 0 radical (unpaired) electrons. The lowest BCUT2D eigenvalue weighted by Gasteiger charge is -2.19. The minimum atomic E-state index is -0.111. The first-order valence-corrected chi connectivity index (χ1v) is 8.31. The van der Waals surface area contributed by atoms with E-state index in [4.69, 9.17) is 0 Å². The van der Waals surface area contributed by atoms with Crippen molar-refractivity contribution in [3.63, 3.8) is 0 Å². The maximum absolute atomic E-state index is 12.7. The van der Waals surface area contributed by atoms with Gasteiger partial charge in [0.1, 0.15) is 5.82 Å². The van der Waals surface area contributed by atoms with E-state index in [1.807, 2.05) is 48.5 Å². The second-order valence-corrected chi connectivity index (χ2v) is 6.08. The molecule has 4 heteroatoms. The number of hydrogen-bond donors (Lipinski definition) is 1. The molecule has 0 unspecified atom stereocenters. The van der Waals surface area contributed by atoms with Crippen LogP contribution in [-0.4, -0.2) is 24.0 Å². The molecule has 1 aliphatic rings. The summed E-state index contributed by atoms with van der Waals surface area (Å²) in [4.78, 5) is 19.4. The topological polar surface area (TPSA) is 45.2 Å². The Morgan fingerprint density at radius 2 is 1.75 bits per heavy atom. The van der Waals surface area contributed by atoms with Gasteiger partial charge in [0.25, 0.3) is 5.91 Å². The van der Waals surface area contributed by atoms with Crippen molar-refractivity contribution >= 4 is 28.2 Å². The van der Waals surface area contributed by atoms with Crippen molar-refractivity contribution in [2.24, 2.45) is 0 Å². The first-order valence-electron chi connectivity index (χ1n) is 8.31. The number of pyridine rings is 1. The van der Waals surface area contributed by atoms with Crippen LogP contribution >= 0.6 is 0 Å². The minimum absolute atomic E-state index is 0.111. The zero-order valence-corrected chi connectivity index (χ0v) is 13.4. The van der Waals surface area contributed by atoms with Crippen molar-refractivity contribution in [2.45, 2.75) is 12.8 Å². The average Bonchev–Trinajstić information content (AvgIpc) is 3.16. The maximum atomic E-state index is 12.7. The number of fused-ring (bicyclic) bond motifs is 1. The molecule has 0 spiro atoms. The number of benzene rings is 2. The molecule has 1 saturated heterocycles. The van der Waals surface area contributed by atoms with Crippen molar-refractivity contribution in [1.29, 1.82) is 0 Å². The summed E-state index contributed by atoms with van der Waals surface area (Å²) in [7, 11) is 0. The number of nitrogens with zero attached hydrogens (tertiary/aromatic N) is 2.